The SMILES string of the molecule is C[C@]1(/C=N/NC(=O)C2CN(C(=O)c3ccc(O)c(O)c3Cl)C2)[C@H](C(=O)O)N2C(=O)C[C@H]2S1(=O)=O. The molecule has 13 nitrogen and oxygen atoms in total. The number of phenolic OH excluding ortho intramolecular Hbond substituents is 2. The fourth-order valence-corrected chi connectivity index (χ4v) is 6.67. The number of amides is 3. The van der Waals surface area contributed by atoms with Gasteiger partial charge in [0, 0.05) is 19.3 Å². The fraction of sp³-hybridized carbons (Fsp3) is 0.421. The molecule has 4 N–H and O–H groups in total. The van der Waals surface area contributed by atoms with Crippen LogP contribution in [0.15, 0.2) is 17.2 Å². The lowest BCUT2D eigenvalue weighted by molar-refractivity contribution is -0.156. The van der Waals surface area contributed by atoms with Gasteiger partial charge in [-0.25, -0.2) is 18.6 Å². The van der Waals surface area contributed by atoms with Crippen molar-refractivity contribution in [2.24, 2.45) is 11.0 Å². The summed E-state index contributed by atoms with van der Waals surface area (Å²) < 4.78 is 23.5. The Kier molecular flexibility index (Phi) is 5.48. The molecule has 3 amide bonds. The first-order valence-corrected chi connectivity index (χ1v) is 11.8. The Morgan fingerprint density at radius 3 is 2.50 bits per heavy atom. The number of aromatic hydroxyl groups is 2. The first kappa shape index (κ1) is 23.8. The van der Waals surface area contributed by atoms with Gasteiger partial charge in [0.2, 0.25) is 11.8 Å². The number of benzene rings is 1. The van der Waals surface area contributed by atoms with Gasteiger partial charge in [-0.2, -0.15) is 5.10 Å². The van der Waals surface area contributed by atoms with E-state index in [0.29, 0.717) is 0 Å². The molecule has 3 fully saturated rings. The number of likely N-dealkylation sites (tertiary alicyclic amines) is 1. The molecule has 0 unspecified atom stereocenters. The van der Waals surface area contributed by atoms with Crippen molar-refractivity contribution in [3.05, 3.63) is 22.7 Å². The Morgan fingerprint density at radius 2 is 1.91 bits per heavy atom. The van der Waals surface area contributed by atoms with Gasteiger partial charge in [-0.05, 0) is 19.1 Å². The van der Waals surface area contributed by atoms with E-state index in [4.69, 9.17) is 11.6 Å². The van der Waals surface area contributed by atoms with Crippen LogP contribution >= 0.6 is 11.6 Å². The molecular weight excluding hydrogens is 496 g/mol. The average molecular weight is 515 g/mol. The molecule has 3 saturated heterocycles. The molecule has 34 heavy (non-hydrogen) atoms. The predicted molar refractivity (Wildman–Crippen MR) is 115 cm³/mol. The van der Waals surface area contributed by atoms with E-state index in [2.05, 4.69) is 10.5 Å². The van der Waals surface area contributed by atoms with Crippen LogP contribution < -0.4 is 5.43 Å². The number of nitrogens with zero attached hydrogens (tertiary/aromatic N) is 3. The van der Waals surface area contributed by atoms with Crippen LogP contribution in [-0.2, 0) is 24.2 Å². The fourth-order valence-electron chi connectivity index (χ4n) is 4.22. The van der Waals surface area contributed by atoms with E-state index in [1.807, 2.05) is 0 Å². The Balaban J connectivity index is 1.40. The minimum Gasteiger partial charge on any atom is -0.504 e. The third-order valence-electron chi connectivity index (χ3n) is 6.33. The maximum atomic E-state index is 12.8. The van der Waals surface area contributed by atoms with Crippen molar-refractivity contribution in [1.29, 1.82) is 0 Å². The van der Waals surface area contributed by atoms with Gasteiger partial charge in [-0.1, -0.05) is 11.6 Å². The van der Waals surface area contributed by atoms with Crippen LogP contribution in [0.2, 0.25) is 5.02 Å². The monoisotopic (exact) mass is 514 g/mol. The second-order valence-electron chi connectivity index (χ2n) is 8.37. The second kappa shape index (κ2) is 7.84. The Hall–Kier alpha value is -3.39. The van der Waals surface area contributed by atoms with Crippen molar-refractivity contribution in [3.63, 3.8) is 0 Å². The third kappa shape index (κ3) is 3.27. The molecule has 0 aromatic heterocycles. The van der Waals surface area contributed by atoms with Crippen LogP contribution in [0.5, 0.6) is 11.5 Å². The van der Waals surface area contributed by atoms with E-state index in [1.54, 1.807) is 0 Å². The molecule has 0 aliphatic carbocycles. The van der Waals surface area contributed by atoms with Crippen LogP contribution in [-0.4, -0.2) is 92.7 Å². The summed E-state index contributed by atoms with van der Waals surface area (Å²) in [7, 11) is -4.11. The minimum absolute atomic E-state index is 0.0180. The first-order valence-electron chi connectivity index (χ1n) is 9.92. The number of halogens is 1. The van der Waals surface area contributed by atoms with Gasteiger partial charge in [-0.3, -0.25) is 14.4 Å². The van der Waals surface area contributed by atoms with Crippen LogP contribution in [0.25, 0.3) is 0 Å². The van der Waals surface area contributed by atoms with Crippen molar-refractivity contribution in [3.8, 4) is 11.5 Å². The van der Waals surface area contributed by atoms with Crippen molar-refractivity contribution >= 4 is 51.3 Å². The summed E-state index contributed by atoms with van der Waals surface area (Å²) >= 11 is 5.88. The standard InChI is InChI=1S/C19H19ClN4O9S/c1-19(15(18(30)31)24-11(26)4-12(24)34(19,32)33)7-21-22-16(28)8-5-23(6-8)17(29)9-2-3-10(25)14(27)13(9)20/h2-3,7-8,12,15,25,27H,4-6H2,1H3,(H,22,28)(H,30,31)/b21-7+/t12-,15+,19+/m1/s1. The molecule has 182 valence electrons. The molecule has 0 saturated carbocycles. The molecule has 0 bridgehead atoms. The van der Waals surface area contributed by atoms with E-state index in [-0.39, 0.29) is 30.1 Å². The molecule has 4 rings (SSSR count). The number of carboxylic acids is 1. The van der Waals surface area contributed by atoms with Gasteiger partial charge < -0.3 is 25.1 Å². The number of rotatable bonds is 5. The highest BCUT2D eigenvalue weighted by molar-refractivity contribution is 7.94. The molecular formula is C19H19ClN4O9S. The molecule has 3 aliphatic rings. The number of fused-ring (bicyclic) bond motifs is 1. The predicted octanol–water partition coefficient (Wildman–Crippen LogP) is -0.876. The maximum absolute atomic E-state index is 12.8. The Bertz CT molecular complexity index is 1260. The third-order valence-corrected chi connectivity index (χ3v) is 9.38. The van der Waals surface area contributed by atoms with Gasteiger partial charge in [0.25, 0.3) is 5.91 Å². The maximum Gasteiger partial charge on any atom is 0.328 e. The number of carbonyl (C=O) groups is 4. The number of hydrazone groups is 1. The summed E-state index contributed by atoms with van der Waals surface area (Å²) in [5, 5.41) is 30.7. The summed E-state index contributed by atoms with van der Waals surface area (Å²) in [5.41, 5.74) is 2.09. The van der Waals surface area contributed by atoms with Gasteiger partial charge in [0.1, 0.15) is 10.1 Å². The molecule has 3 aliphatic heterocycles. The molecule has 15 heteroatoms. The van der Waals surface area contributed by atoms with E-state index in [0.717, 1.165) is 24.1 Å². The smallest absolute Gasteiger partial charge is 0.328 e. The Labute approximate surface area is 197 Å². The first-order chi connectivity index (χ1) is 15.8. The number of hydrogen-bond acceptors (Lipinski definition) is 9. The number of hydrogen-bond donors (Lipinski definition) is 4. The molecule has 1 aromatic carbocycles. The summed E-state index contributed by atoms with van der Waals surface area (Å²) in [6.45, 7) is 1.09. The van der Waals surface area contributed by atoms with Gasteiger partial charge in [0.05, 0.1) is 22.9 Å². The van der Waals surface area contributed by atoms with Crippen molar-refractivity contribution in [2.75, 3.05) is 13.1 Å². The Morgan fingerprint density at radius 1 is 1.26 bits per heavy atom. The molecule has 0 radical (unpaired) electrons. The minimum atomic E-state index is -4.11. The summed E-state index contributed by atoms with van der Waals surface area (Å²) in [6, 6.07) is 0.658. The number of nitrogens with one attached hydrogen (secondary N) is 1. The van der Waals surface area contributed by atoms with Gasteiger partial charge in [0.15, 0.2) is 27.4 Å². The van der Waals surface area contributed by atoms with Crippen molar-refractivity contribution in [2.45, 2.75) is 29.5 Å². The highest BCUT2D eigenvalue weighted by atomic mass is 35.5. The lowest BCUT2D eigenvalue weighted by atomic mass is 9.97. The number of β-lactam (4-membered cyclic amide) rings is 1. The van der Waals surface area contributed by atoms with E-state index in [9.17, 15) is 42.9 Å². The second-order valence-corrected chi connectivity index (χ2v) is 11.3. The van der Waals surface area contributed by atoms with E-state index in [1.165, 1.54) is 11.0 Å². The largest absolute Gasteiger partial charge is 0.504 e. The highest BCUT2D eigenvalue weighted by Gasteiger charge is 2.69. The zero-order chi connectivity index (χ0) is 25.2. The zero-order valence-corrected chi connectivity index (χ0v) is 19.1. The molecule has 3 atom stereocenters. The molecule has 1 aromatic rings. The van der Waals surface area contributed by atoms with Gasteiger partial charge in [-0.15, -0.1) is 0 Å². The van der Waals surface area contributed by atoms with Crippen molar-refractivity contribution in [1.82, 2.24) is 15.2 Å². The lowest BCUT2D eigenvalue weighted by Crippen LogP contribution is -2.57. The number of sulfone groups is 1. The number of phenols is 2. The number of aliphatic carboxylic acids is 1. The zero-order valence-electron chi connectivity index (χ0n) is 17.5. The summed E-state index contributed by atoms with van der Waals surface area (Å²) in [6.07, 6.45) is 0.502. The van der Waals surface area contributed by atoms with Crippen molar-refractivity contribution < 1.29 is 42.9 Å². The summed E-state index contributed by atoms with van der Waals surface area (Å²) in [4.78, 5) is 50.4. The van der Waals surface area contributed by atoms with E-state index >= 15 is 0 Å². The van der Waals surface area contributed by atoms with Crippen LogP contribution in [0, 0.1) is 5.92 Å². The normalized spacial score (nSPS) is 27.8. The van der Waals surface area contributed by atoms with Crippen LogP contribution in [0.3, 0.4) is 0 Å². The number of carbonyl (C=O) groups excluding carboxylic acids is 3. The van der Waals surface area contributed by atoms with Gasteiger partial charge >= 0.3 is 5.97 Å². The topological polar surface area (TPSA) is 194 Å². The average Bonchev–Trinajstić information content (AvgIpc) is 2.85. The van der Waals surface area contributed by atoms with Crippen LogP contribution in [0.1, 0.15) is 23.7 Å². The molecule has 3 heterocycles. The summed E-state index contributed by atoms with van der Waals surface area (Å²) in [5.74, 6) is -5.12. The lowest BCUT2D eigenvalue weighted by Gasteiger charge is -2.38. The highest BCUT2D eigenvalue weighted by Crippen LogP contribution is 2.45. The number of carboxylic acid groups (broad SMARTS) is 1. The quantitative estimate of drug-likeness (QED) is 0.167. The molecule has 0 spiro atoms. The van der Waals surface area contributed by atoms with Crippen LogP contribution in [0.4, 0.5) is 0 Å². The van der Waals surface area contributed by atoms with E-state index < -0.39 is 67.1 Å².